The molecule has 2 atom stereocenters. The minimum Gasteiger partial charge on any atom is -0.494 e. The van der Waals surface area contributed by atoms with Crippen LogP contribution < -0.4 is 5.73 Å². The van der Waals surface area contributed by atoms with E-state index in [4.69, 9.17) is 35.2 Å². The Labute approximate surface area is 148 Å². The highest BCUT2D eigenvalue weighted by Crippen LogP contribution is 2.44. The number of hydrogen-bond acceptors (Lipinski definition) is 7. The van der Waals surface area contributed by atoms with Gasteiger partial charge in [0, 0.05) is 18.9 Å². The lowest BCUT2D eigenvalue weighted by Crippen LogP contribution is -2.38. The first-order chi connectivity index (χ1) is 10.4. The number of aryl methyl sites for hydroxylation is 1. The summed E-state index contributed by atoms with van der Waals surface area (Å²) in [5.41, 5.74) is 5.74. The summed E-state index contributed by atoms with van der Waals surface area (Å²) in [6, 6.07) is 0. The fraction of sp³-hybridized carbons (Fsp3) is 0.538. The molecule has 1 unspecified atom stereocenters. The van der Waals surface area contributed by atoms with Crippen LogP contribution >= 0.6 is 35.2 Å². The summed E-state index contributed by atoms with van der Waals surface area (Å²) in [7, 11) is 3.15. The van der Waals surface area contributed by atoms with Gasteiger partial charge in [-0.3, -0.25) is 4.57 Å². The van der Waals surface area contributed by atoms with E-state index < -0.39 is 11.8 Å². The van der Waals surface area contributed by atoms with Crippen LogP contribution in [0.5, 0.6) is 0 Å². The first kappa shape index (κ1) is 17.4. The largest absolute Gasteiger partial charge is 0.494 e. The maximum absolute atomic E-state index is 5.99. The van der Waals surface area contributed by atoms with Crippen molar-refractivity contribution >= 4 is 41.0 Å². The molecule has 0 aliphatic carbocycles. The van der Waals surface area contributed by atoms with Gasteiger partial charge in [0.15, 0.2) is 17.1 Å². The molecular weight excluding hydrogens is 421 g/mol. The van der Waals surface area contributed by atoms with E-state index in [9.17, 15) is 0 Å². The fourth-order valence-electron chi connectivity index (χ4n) is 2.42. The van der Waals surface area contributed by atoms with Crippen molar-refractivity contribution in [2.24, 2.45) is 0 Å². The summed E-state index contributed by atoms with van der Waals surface area (Å²) in [4.78, 5) is 4.17. The molecule has 1 aliphatic rings. The van der Waals surface area contributed by atoms with E-state index in [0.29, 0.717) is 22.1 Å². The summed E-state index contributed by atoms with van der Waals surface area (Å²) in [6.45, 7) is 3.98. The lowest BCUT2D eigenvalue weighted by molar-refractivity contribution is -0.102. The molecule has 2 N–H and O–H groups in total. The molecule has 0 fully saturated rings. The normalized spacial score (nSPS) is 24.5. The van der Waals surface area contributed by atoms with E-state index in [2.05, 4.69) is 4.98 Å². The van der Waals surface area contributed by atoms with Crippen molar-refractivity contribution in [3.8, 4) is 0 Å². The number of methoxy groups -OCH3 is 2. The van der Waals surface area contributed by atoms with Gasteiger partial charge in [0.05, 0.1) is 7.11 Å². The van der Waals surface area contributed by atoms with Gasteiger partial charge in [-0.05, 0) is 26.1 Å². The van der Waals surface area contributed by atoms with Crippen molar-refractivity contribution in [3.05, 3.63) is 28.0 Å². The third-order valence-corrected chi connectivity index (χ3v) is 4.28. The average molecular weight is 439 g/mol. The molecule has 0 saturated carbocycles. The number of anilines is 1. The molecule has 2 heterocycles. The van der Waals surface area contributed by atoms with Crippen molar-refractivity contribution in [2.75, 3.05) is 26.6 Å². The van der Waals surface area contributed by atoms with Gasteiger partial charge >= 0.3 is 0 Å². The summed E-state index contributed by atoms with van der Waals surface area (Å²) in [5, 5.41) is 0. The molecule has 0 aromatic carbocycles. The molecule has 1 aromatic heterocycles. The van der Waals surface area contributed by atoms with Crippen molar-refractivity contribution < 1.29 is 17.3 Å². The van der Waals surface area contributed by atoms with Gasteiger partial charge in [-0.1, -0.05) is 0 Å². The van der Waals surface area contributed by atoms with Crippen LogP contribution in [0.1, 0.15) is 18.7 Å². The standard InChI is InChI=1S/C13H18IN3O4S/c1-7-5-17(12(22)16-10(7)15)11-13(2,19-4)9(18-3)8(21-11)6-20-14/h5,11H,6H2,1-4H3,(H2,15,16,22)/t11-,13?/m1/s1. The Morgan fingerprint density at radius 1 is 1.55 bits per heavy atom. The monoisotopic (exact) mass is 439 g/mol. The predicted octanol–water partition coefficient (Wildman–Crippen LogP) is 2.66. The molecule has 2 rings (SSSR count). The van der Waals surface area contributed by atoms with E-state index in [1.165, 1.54) is 0 Å². The molecule has 9 heteroatoms. The Kier molecular flexibility index (Phi) is 5.30. The van der Waals surface area contributed by atoms with Crippen LogP contribution in [0.2, 0.25) is 0 Å². The topological polar surface area (TPSA) is 80.8 Å². The quantitative estimate of drug-likeness (QED) is 0.558. The third-order valence-electron chi connectivity index (χ3n) is 3.67. The number of hydrogen-bond donors (Lipinski definition) is 1. The van der Waals surface area contributed by atoms with E-state index in [1.807, 2.05) is 13.8 Å². The SMILES string of the molecule is COC1=C(COI)O[C@@H](n2cc(C)c(N)nc2=S)C1(C)OC. The van der Waals surface area contributed by atoms with Crippen LogP contribution in [0.4, 0.5) is 5.82 Å². The smallest absolute Gasteiger partial charge is 0.214 e. The van der Waals surface area contributed by atoms with Crippen LogP contribution in [0.15, 0.2) is 17.7 Å². The second-order valence-corrected chi connectivity index (χ2v) is 5.98. The van der Waals surface area contributed by atoms with E-state index in [1.54, 1.807) is 48.0 Å². The van der Waals surface area contributed by atoms with Gasteiger partial charge in [-0.15, -0.1) is 0 Å². The van der Waals surface area contributed by atoms with Gasteiger partial charge < -0.3 is 23.0 Å². The average Bonchev–Trinajstić information content (AvgIpc) is 2.76. The fourth-order valence-corrected chi connectivity index (χ4v) is 2.95. The Morgan fingerprint density at radius 2 is 2.23 bits per heavy atom. The van der Waals surface area contributed by atoms with Crippen LogP contribution in [-0.2, 0) is 17.3 Å². The number of halogens is 1. The summed E-state index contributed by atoms with van der Waals surface area (Å²) < 4.78 is 24.3. The highest BCUT2D eigenvalue weighted by Gasteiger charge is 2.50. The summed E-state index contributed by atoms with van der Waals surface area (Å²) >= 11 is 7.11. The number of ether oxygens (including phenoxy) is 3. The molecule has 0 bridgehead atoms. The molecule has 7 nitrogen and oxygen atoms in total. The summed E-state index contributed by atoms with van der Waals surface area (Å²) in [6.07, 6.45) is 1.24. The number of rotatable bonds is 5. The molecule has 0 amide bonds. The zero-order chi connectivity index (χ0) is 16.5. The maximum atomic E-state index is 5.99. The molecule has 22 heavy (non-hydrogen) atoms. The van der Waals surface area contributed by atoms with Gasteiger partial charge in [0.2, 0.25) is 11.0 Å². The molecule has 122 valence electrons. The van der Waals surface area contributed by atoms with Crippen LogP contribution in [0, 0.1) is 11.7 Å². The number of nitrogens with zero attached hydrogens (tertiary/aromatic N) is 2. The third kappa shape index (κ3) is 2.82. The molecular formula is C13H18IN3O4S. The minimum atomic E-state index is -0.859. The van der Waals surface area contributed by atoms with E-state index >= 15 is 0 Å². The number of nitrogens with two attached hydrogens (primary N) is 1. The van der Waals surface area contributed by atoms with E-state index in [-0.39, 0.29) is 6.61 Å². The Hall–Kier alpha value is -0.910. The first-order valence-corrected chi connectivity index (χ1v) is 7.76. The highest BCUT2D eigenvalue weighted by atomic mass is 127. The van der Waals surface area contributed by atoms with Crippen molar-refractivity contribution in [2.45, 2.75) is 25.7 Å². The van der Waals surface area contributed by atoms with Gasteiger partial charge in [0.25, 0.3) is 0 Å². The van der Waals surface area contributed by atoms with Crippen LogP contribution in [0.25, 0.3) is 0 Å². The van der Waals surface area contributed by atoms with Gasteiger partial charge in [-0.25, -0.2) is 4.98 Å². The van der Waals surface area contributed by atoms with Crippen molar-refractivity contribution in [3.63, 3.8) is 0 Å². The first-order valence-electron chi connectivity index (χ1n) is 6.47. The van der Waals surface area contributed by atoms with Crippen molar-refractivity contribution in [1.29, 1.82) is 0 Å². The molecule has 1 aromatic rings. The Balaban J connectivity index is 2.54. The van der Waals surface area contributed by atoms with Gasteiger partial charge in [0.1, 0.15) is 35.4 Å². The predicted molar refractivity (Wildman–Crippen MR) is 91.8 cm³/mol. The Bertz CT molecular complexity index is 663. The lowest BCUT2D eigenvalue weighted by atomic mass is 10.0. The second-order valence-electron chi connectivity index (χ2n) is 4.99. The van der Waals surface area contributed by atoms with Crippen LogP contribution in [-0.4, -0.2) is 36.0 Å². The molecule has 0 spiro atoms. The lowest BCUT2D eigenvalue weighted by Gasteiger charge is -2.31. The molecule has 0 radical (unpaired) electrons. The van der Waals surface area contributed by atoms with E-state index in [0.717, 1.165) is 5.56 Å². The highest BCUT2D eigenvalue weighted by molar-refractivity contribution is 14.1. The second kappa shape index (κ2) is 6.69. The zero-order valence-corrected chi connectivity index (χ0v) is 15.7. The Morgan fingerprint density at radius 3 is 2.77 bits per heavy atom. The number of aromatic nitrogens is 2. The maximum Gasteiger partial charge on any atom is 0.214 e. The van der Waals surface area contributed by atoms with Crippen LogP contribution in [0.3, 0.4) is 0 Å². The zero-order valence-electron chi connectivity index (χ0n) is 12.8. The summed E-state index contributed by atoms with van der Waals surface area (Å²) in [5.74, 6) is 1.52. The minimum absolute atomic E-state index is 0.258. The molecule has 1 aliphatic heterocycles. The number of nitrogen functional groups attached to an aromatic ring is 1. The van der Waals surface area contributed by atoms with Crippen molar-refractivity contribution in [1.82, 2.24) is 9.55 Å². The molecule has 0 saturated heterocycles. The van der Waals surface area contributed by atoms with Gasteiger partial charge in [-0.2, -0.15) is 0 Å².